The largest absolute Gasteiger partial charge is 0.377 e. The molecule has 0 aliphatic carbocycles. The minimum absolute atomic E-state index is 0.185. The van der Waals surface area contributed by atoms with Gasteiger partial charge >= 0.3 is 0 Å². The summed E-state index contributed by atoms with van der Waals surface area (Å²) in [4.78, 5) is 0. The summed E-state index contributed by atoms with van der Waals surface area (Å²) in [7, 11) is 0. The molecule has 0 heterocycles. The summed E-state index contributed by atoms with van der Waals surface area (Å²) in [6.07, 6.45) is 5.48. The second-order valence-corrected chi connectivity index (χ2v) is 6.19. The Balaban J connectivity index is 3.69. The van der Waals surface area contributed by atoms with Crippen molar-refractivity contribution in [1.29, 1.82) is 0 Å². The maximum atomic E-state index is 5.92. The van der Waals surface area contributed by atoms with E-state index in [1.54, 1.807) is 0 Å². The monoisotopic (exact) mass is 243 g/mol. The van der Waals surface area contributed by atoms with Crippen LogP contribution in [0.25, 0.3) is 0 Å². The first-order chi connectivity index (χ1) is 7.89. The van der Waals surface area contributed by atoms with Crippen LogP contribution in [0.3, 0.4) is 0 Å². The Morgan fingerprint density at radius 3 is 2.29 bits per heavy atom. The van der Waals surface area contributed by atoms with Gasteiger partial charge in [-0.05, 0) is 40.0 Å². The summed E-state index contributed by atoms with van der Waals surface area (Å²) >= 11 is 0. The molecule has 0 spiro atoms. The van der Waals surface area contributed by atoms with Gasteiger partial charge in [0.1, 0.15) is 0 Å². The van der Waals surface area contributed by atoms with Crippen molar-refractivity contribution in [2.45, 2.75) is 78.9 Å². The molecule has 2 nitrogen and oxygen atoms in total. The summed E-state index contributed by atoms with van der Waals surface area (Å²) in [5.74, 6) is 0.743. The van der Waals surface area contributed by atoms with Crippen LogP contribution in [-0.2, 0) is 4.74 Å². The van der Waals surface area contributed by atoms with Gasteiger partial charge in [-0.15, -0.1) is 0 Å². The van der Waals surface area contributed by atoms with Crippen molar-refractivity contribution in [2.24, 2.45) is 5.92 Å². The normalized spacial score (nSPS) is 15.9. The molecule has 0 aromatic rings. The van der Waals surface area contributed by atoms with E-state index in [2.05, 4.69) is 46.9 Å². The molecule has 0 aromatic carbocycles. The molecular formula is C15H33NO. The van der Waals surface area contributed by atoms with Crippen LogP contribution in [0.5, 0.6) is 0 Å². The van der Waals surface area contributed by atoms with Crippen LogP contribution in [0.15, 0.2) is 0 Å². The van der Waals surface area contributed by atoms with Crippen LogP contribution < -0.4 is 5.32 Å². The standard InChI is InChI=1S/C15H33NO/c1-7-9-10-14(8-2)12-17-13(3)11-16-15(4,5)6/h13-14,16H,7-12H2,1-6H3. The number of ether oxygens (including phenoxy) is 1. The molecule has 0 bridgehead atoms. The number of hydrogen-bond donors (Lipinski definition) is 1. The van der Waals surface area contributed by atoms with Crippen LogP contribution in [0.1, 0.15) is 67.2 Å². The van der Waals surface area contributed by atoms with E-state index in [-0.39, 0.29) is 5.54 Å². The highest BCUT2D eigenvalue weighted by Gasteiger charge is 2.13. The first-order valence-electron chi connectivity index (χ1n) is 7.25. The Morgan fingerprint density at radius 2 is 1.82 bits per heavy atom. The molecule has 2 unspecified atom stereocenters. The molecule has 0 saturated carbocycles. The van der Waals surface area contributed by atoms with Crippen molar-refractivity contribution < 1.29 is 4.74 Å². The molecule has 17 heavy (non-hydrogen) atoms. The molecule has 2 heteroatoms. The van der Waals surface area contributed by atoms with Crippen molar-refractivity contribution >= 4 is 0 Å². The first-order valence-corrected chi connectivity index (χ1v) is 7.25. The van der Waals surface area contributed by atoms with Crippen LogP contribution in [-0.4, -0.2) is 24.8 Å². The minimum atomic E-state index is 0.185. The fraction of sp³-hybridized carbons (Fsp3) is 1.00. The quantitative estimate of drug-likeness (QED) is 0.661. The predicted octanol–water partition coefficient (Wildman–Crippen LogP) is 4.00. The first kappa shape index (κ1) is 16.9. The third kappa shape index (κ3) is 10.8. The smallest absolute Gasteiger partial charge is 0.0671 e. The lowest BCUT2D eigenvalue weighted by molar-refractivity contribution is 0.0336. The van der Waals surface area contributed by atoms with Gasteiger partial charge in [-0.1, -0.05) is 33.1 Å². The summed E-state index contributed by atoms with van der Waals surface area (Å²) < 4.78 is 5.92. The fourth-order valence-electron chi connectivity index (χ4n) is 1.71. The van der Waals surface area contributed by atoms with Gasteiger partial charge in [0.2, 0.25) is 0 Å². The Bertz CT molecular complexity index is 174. The van der Waals surface area contributed by atoms with Crippen LogP contribution in [0, 0.1) is 5.92 Å². The van der Waals surface area contributed by atoms with Crippen LogP contribution in [0.2, 0.25) is 0 Å². The number of unbranched alkanes of at least 4 members (excludes halogenated alkanes) is 1. The molecule has 0 aliphatic rings. The van der Waals surface area contributed by atoms with Crippen molar-refractivity contribution in [3.05, 3.63) is 0 Å². The molecule has 0 radical (unpaired) electrons. The van der Waals surface area contributed by atoms with E-state index in [9.17, 15) is 0 Å². The van der Waals surface area contributed by atoms with Gasteiger partial charge in [0, 0.05) is 18.7 Å². The highest BCUT2D eigenvalue weighted by molar-refractivity contribution is 4.72. The van der Waals surface area contributed by atoms with Crippen LogP contribution in [0.4, 0.5) is 0 Å². The number of nitrogens with one attached hydrogen (secondary N) is 1. The average molecular weight is 243 g/mol. The summed E-state index contributed by atoms with van der Waals surface area (Å²) in [5, 5.41) is 3.48. The molecule has 2 atom stereocenters. The summed E-state index contributed by atoms with van der Waals surface area (Å²) in [5.41, 5.74) is 0.185. The van der Waals surface area contributed by atoms with Gasteiger partial charge in [-0.25, -0.2) is 0 Å². The summed E-state index contributed by atoms with van der Waals surface area (Å²) in [6, 6.07) is 0. The van der Waals surface area contributed by atoms with E-state index in [1.807, 2.05) is 0 Å². The second-order valence-electron chi connectivity index (χ2n) is 6.19. The average Bonchev–Trinajstić information content (AvgIpc) is 2.25. The highest BCUT2D eigenvalue weighted by atomic mass is 16.5. The predicted molar refractivity (Wildman–Crippen MR) is 76.5 cm³/mol. The van der Waals surface area contributed by atoms with Crippen molar-refractivity contribution in [1.82, 2.24) is 5.32 Å². The van der Waals surface area contributed by atoms with E-state index in [0.29, 0.717) is 6.10 Å². The lowest BCUT2D eigenvalue weighted by Gasteiger charge is -2.25. The highest BCUT2D eigenvalue weighted by Crippen LogP contribution is 2.13. The Hall–Kier alpha value is -0.0800. The van der Waals surface area contributed by atoms with Gasteiger partial charge in [0.15, 0.2) is 0 Å². The van der Waals surface area contributed by atoms with E-state index >= 15 is 0 Å². The maximum Gasteiger partial charge on any atom is 0.0671 e. The Kier molecular flexibility index (Phi) is 8.89. The topological polar surface area (TPSA) is 21.3 Å². The van der Waals surface area contributed by atoms with E-state index in [4.69, 9.17) is 4.74 Å². The molecule has 0 aliphatic heterocycles. The Labute approximate surface area is 109 Å². The van der Waals surface area contributed by atoms with Crippen molar-refractivity contribution in [3.63, 3.8) is 0 Å². The Morgan fingerprint density at radius 1 is 1.18 bits per heavy atom. The third-order valence-corrected chi connectivity index (χ3v) is 3.08. The zero-order valence-corrected chi connectivity index (χ0v) is 12.8. The van der Waals surface area contributed by atoms with E-state index in [0.717, 1.165) is 19.1 Å². The zero-order valence-electron chi connectivity index (χ0n) is 12.8. The minimum Gasteiger partial charge on any atom is -0.377 e. The van der Waals surface area contributed by atoms with Gasteiger partial charge in [0.05, 0.1) is 6.10 Å². The molecule has 0 rings (SSSR count). The molecule has 104 valence electrons. The number of rotatable bonds is 9. The second kappa shape index (κ2) is 8.93. The van der Waals surface area contributed by atoms with Crippen molar-refractivity contribution in [3.8, 4) is 0 Å². The maximum absolute atomic E-state index is 5.92. The molecule has 0 amide bonds. The lowest BCUT2D eigenvalue weighted by atomic mass is 10.0. The molecule has 0 saturated heterocycles. The number of hydrogen-bond acceptors (Lipinski definition) is 2. The molecular weight excluding hydrogens is 210 g/mol. The van der Waals surface area contributed by atoms with Gasteiger partial charge in [-0.2, -0.15) is 0 Å². The zero-order chi connectivity index (χ0) is 13.3. The van der Waals surface area contributed by atoms with E-state index < -0.39 is 0 Å². The fourth-order valence-corrected chi connectivity index (χ4v) is 1.71. The van der Waals surface area contributed by atoms with Gasteiger partial charge in [0.25, 0.3) is 0 Å². The SMILES string of the molecule is CCCCC(CC)COC(C)CNC(C)(C)C. The molecule has 0 aromatic heterocycles. The van der Waals surface area contributed by atoms with Crippen LogP contribution >= 0.6 is 0 Å². The lowest BCUT2D eigenvalue weighted by Crippen LogP contribution is -2.41. The molecule has 0 fully saturated rings. The third-order valence-electron chi connectivity index (χ3n) is 3.08. The van der Waals surface area contributed by atoms with Gasteiger partial charge < -0.3 is 10.1 Å². The van der Waals surface area contributed by atoms with E-state index in [1.165, 1.54) is 25.7 Å². The van der Waals surface area contributed by atoms with Gasteiger partial charge in [-0.3, -0.25) is 0 Å². The molecule has 1 N–H and O–H groups in total. The summed E-state index contributed by atoms with van der Waals surface area (Å²) in [6.45, 7) is 15.1. The van der Waals surface area contributed by atoms with Crippen molar-refractivity contribution in [2.75, 3.05) is 13.2 Å².